The molecule has 1 aromatic carbocycles. The van der Waals surface area contributed by atoms with Gasteiger partial charge < -0.3 is 10.1 Å². The highest BCUT2D eigenvalue weighted by molar-refractivity contribution is 7.10. The van der Waals surface area contributed by atoms with Gasteiger partial charge in [-0.05, 0) is 42.9 Å². The third kappa shape index (κ3) is 3.79. The minimum absolute atomic E-state index is 0.269. The number of anilines is 1. The number of nitrogens with one attached hydrogen (secondary N) is 1. The first-order valence-electron chi connectivity index (χ1n) is 7.74. The summed E-state index contributed by atoms with van der Waals surface area (Å²) in [5.41, 5.74) is 2.43. The van der Waals surface area contributed by atoms with E-state index in [1.807, 2.05) is 23.6 Å². The molecule has 5 heteroatoms. The van der Waals surface area contributed by atoms with Crippen molar-refractivity contribution < 1.29 is 14.3 Å². The molecule has 1 heterocycles. The molecule has 2 aromatic rings. The van der Waals surface area contributed by atoms with E-state index in [2.05, 4.69) is 12.2 Å². The molecule has 120 valence electrons. The van der Waals surface area contributed by atoms with Gasteiger partial charge in [0.2, 0.25) is 0 Å². The molecule has 1 unspecified atom stereocenters. The number of hydrogen-bond donors (Lipinski definition) is 1. The van der Waals surface area contributed by atoms with Gasteiger partial charge in [-0.1, -0.05) is 25.1 Å². The SMILES string of the molecule is CC1CCc2c(C(=O)OCC(=O)Nc3ccccc3)csc2C1. The first-order chi connectivity index (χ1) is 11.1. The van der Waals surface area contributed by atoms with Crippen molar-refractivity contribution in [2.75, 3.05) is 11.9 Å². The number of amides is 1. The van der Waals surface area contributed by atoms with Gasteiger partial charge in [-0.2, -0.15) is 0 Å². The summed E-state index contributed by atoms with van der Waals surface area (Å²) in [6.45, 7) is 1.96. The van der Waals surface area contributed by atoms with E-state index < -0.39 is 5.97 Å². The molecule has 0 saturated heterocycles. The Morgan fingerprint density at radius 3 is 2.87 bits per heavy atom. The van der Waals surface area contributed by atoms with E-state index >= 15 is 0 Å². The van der Waals surface area contributed by atoms with Crippen LogP contribution in [0.4, 0.5) is 5.69 Å². The van der Waals surface area contributed by atoms with E-state index in [1.165, 1.54) is 4.88 Å². The molecule has 4 nitrogen and oxygen atoms in total. The number of thiophene rings is 1. The zero-order valence-electron chi connectivity index (χ0n) is 13.0. The van der Waals surface area contributed by atoms with Crippen molar-refractivity contribution in [3.63, 3.8) is 0 Å². The molecule has 1 aromatic heterocycles. The van der Waals surface area contributed by atoms with E-state index in [9.17, 15) is 9.59 Å². The largest absolute Gasteiger partial charge is 0.452 e. The van der Waals surface area contributed by atoms with Gasteiger partial charge in [0, 0.05) is 15.9 Å². The standard InChI is InChI=1S/C18H19NO3S/c1-12-7-8-14-15(11-23-16(14)9-12)18(21)22-10-17(20)19-13-5-3-2-4-6-13/h2-6,11-12H,7-10H2,1H3,(H,19,20). The Hall–Kier alpha value is -2.14. The van der Waals surface area contributed by atoms with Crippen LogP contribution in [0, 0.1) is 5.92 Å². The highest BCUT2D eigenvalue weighted by atomic mass is 32.1. The number of carbonyl (C=O) groups excluding carboxylic acids is 2. The lowest BCUT2D eigenvalue weighted by Crippen LogP contribution is -2.21. The van der Waals surface area contributed by atoms with Crippen LogP contribution in [0.5, 0.6) is 0 Å². The average Bonchev–Trinajstić information content (AvgIpc) is 2.96. The van der Waals surface area contributed by atoms with Crippen LogP contribution in [-0.2, 0) is 22.4 Å². The van der Waals surface area contributed by atoms with Gasteiger partial charge in [-0.25, -0.2) is 4.79 Å². The summed E-state index contributed by atoms with van der Waals surface area (Å²) < 4.78 is 5.17. The van der Waals surface area contributed by atoms with Gasteiger partial charge in [-0.3, -0.25) is 4.79 Å². The molecule has 0 saturated carbocycles. The molecule has 1 amide bonds. The zero-order valence-corrected chi connectivity index (χ0v) is 13.8. The minimum Gasteiger partial charge on any atom is -0.452 e. The van der Waals surface area contributed by atoms with Crippen LogP contribution in [0.2, 0.25) is 0 Å². The van der Waals surface area contributed by atoms with Crippen molar-refractivity contribution in [2.24, 2.45) is 5.92 Å². The second-order valence-corrected chi connectivity index (χ2v) is 6.85. The predicted molar refractivity (Wildman–Crippen MR) is 90.9 cm³/mol. The number of benzene rings is 1. The molecule has 1 N–H and O–H groups in total. The number of para-hydroxylation sites is 1. The highest BCUT2D eigenvalue weighted by Gasteiger charge is 2.24. The van der Waals surface area contributed by atoms with Gasteiger partial charge in [0.1, 0.15) is 0 Å². The van der Waals surface area contributed by atoms with E-state index in [0.717, 1.165) is 24.8 Å². The van der Waals surface area contributed by atoms with Crippen LogP contribution in [0.1, 0.15) is 34.1 Å². The third-order valence-corrected chi connectivity index (χ3v) is 5.06. The molecule has 1 atom stereocenters. The lowest BCUT2D eigenvalue weighted by molar-refractivity contribution is -0.119. The van der Waals surface area contributed by atoms with Crippen molar-refractivity contribution >= 4 is 28.9 Å². The summed E-state index contributed by atoms with van der Waals surface area (Å²) >= 11 is 1.62. The molecule has 0 spiro atoms. The third-order valence-electron chi connectivity index (χ3n) is 4.01. The van der Waals surface area contributed by atoms with Gasteiger partial charge in [-0.15, -0.1) is 11.3 Å². The molecular formula is C18H19NO3S. The molecule has 0 bridgehead atoms. The Labute approximate surface area is 139 Å². The zero-order chi connectivity index (χ0) is 16.2. The Kier molecular flexibility index (Phi) is 4.76. The lowest BCUT2D eigenvalue weighted by Gasteiger charge is -2.18. The van der Waals surface area contributed by atoms with Crippen LogP contribution >= 0.6 is 11.3 Å². The number of esters is 1. The second-order valence-electron chi connectivity index (χ2n) is 5.89. The van der Waals surface area contributed by atoms with Crippen LogP contribution in [0.25, 0.3) is 0 Å². The smallest absolute Gasteiger partial charge is 0.339 e. The number of fused-ring (bicyclic) bond motifs is 1. The van der Waals surface area contributed by atoms with Crippen molar-refractivity contribution in [2.45, 2.75) is 26.2 Å². The van der Waals surface area contributed by atoms with Crippen molar-refractivity contribution in [1.29, 1.82) is 0 Å². The fourth-order valence-electron chi connectivity index (χ4n) is 2.78. The van der Waals surface area contributed by atoms with Gasteiger partial charge >= 0.3 is 5.97 Å². The first kappa shape index (κ1) is 15.7. The van der Waals surface area contributed by atoms with Crippen LogP contribution < -0.4 is 5.32 Å². The van der Waals surface area contributed by atoms with E-state index in [-0.39, 0.29) is 12.5 Å². The summed E-state index contributed by atoms with van der Waals surface area (Å²) in [6, 6.07) is 9.11. The Morgan fingerprint density at radius 2 is 2.09 bits per heavy atom. The van der Waals surface area contributed by atoms with Crippen molar-refractivity contribution in [3.05, 3.63) is 51.7 Å². The maximum absolute atomic E-state index is 12.2. The van der Waals surface area contributed by atoms with Crippen molar-refractivity contribution in [1.82, 2.24) is 0 Å². The number of hydrogen-bond acceptors (Lipinski definition) is 4. The Bertz CT molecular complexity index is 708. The molecule has 1 aliphatic carbocycles. The summed E-state index contributed by atoms with van der Waals surface area (Å²) in [4.78, 5) is 25.3. The van der Waals surface area contributed by atoms with Gasteiger partial charge in [0.25, 0.3) is 5.91 Å². The van der Waals surface area contributed by atoms with Crippen LogP contribution in [-0.4, -0.2) is 18.5 Å². The molecule has 0 aliphatic heterocycles. The molecule has 0 radical (unpaired) electrons. The molecule has 3 rings (SSSR count). The monoisotopic (exact) mass is 329 g/mol. The average molecular weight is 329 g/mol. The molecule has 23 heavy (non-hydrogen) atoms. The van der Waals surface area contributed by atoms with Gasteiger partial charge in [0.05, 0.1) is 5.56 Å². The highest BCUT2D eigenvalue weighted by Crippen LogP contribution is 2.33. The fraction of sp³-hybridized carbons (Fsp3) is 0.333. The second kappa shape index (κ2) is 6.96. The predicted octanol–water partition coefficient (Wildman–Crippen LogP) is 3.67. The molecular weight excluding hydrogens is 310 g/mol. The number of carbonyl (C=O) groups is 2. The summed E-state index contributed by atoms with van der Waals surface area (Å²) in [5, 5.41) is 4.56. The number of ether oxygens (including phenoxy) is 1. The molecule has 0 fully saturated rings. The van der Waals surface area contributed by atoms with Crippen molar-refractivity contribution in [3.8, 4) is 0 Å². The topological polar surface area (TPSA) is 55.4 Å². The summed E-state index contributed by atoms with van der Waals surface area (Å²) in [5.74, 6) is -0.0656. The quantitative estimate of drug-likeness (QED) is 0.871. The van der Waals surface area contributed by atoms with Crippen LogP contribution in [0.15, 0.2) is 35.7 Å². The van der Waals surface area contributed by atoms with Gasteiger partial charge in [0.15, 0.2) is 6.61 Å². The van der Waals surface area contributed by atoms with Crippen LogP contribution in [0.3, 0.4) is 0 Å². The van der Waals surface area contributed by atoms with E-state index in [4.69, 9.17) is 4.74 Å². The molecule has 1 aliphatic rings. The first-order valence-corrected chi connectivity index (χ1v) is 8.62. The minimum atomic E-state index is -0.403. The maximum atomic E-state index is 12.2. The Morgan fingerprint density at radius 1 is 1.30 bits per heavy atom. The maximum Gasteiger partial charge on any atom is 0.339 e. The van der Waals surface area contributed by atoms with E-state index in [1.54, 1.807) is 23.5 Å². The summed E-state index contributed by atoms with van der Waals surface area (Å²) in [7, 11) is 0. The fourth-order valence-corrected chi connectivity index (χ4v) is 4.01. The van der Waals surface area contributed by atoms with E-state index in [0.29, 0.717) is 17.2 Å². The summed E-state index contributed by atoms with van der Waals surface area (Å²) in [6.07, 6.45) is 3.04. The normalized spacial score (nSPS) is 16.5. The Balaban J connectivity index is 1.57. The number of rotatable bonds is 4. The lowest BCUT2D eigenvalue weighted by atomic mass is 9.88.